The molecule has 0 aromatic heterocycles. The summed E-state index contributed by atoms with van der Waals surface area (Å²) in [6.45, 7) is 2.25. The summed E-state index contributed by atoms with van der Waals surface area (Å²) in [6, 6.07) is 16.8. The third-order valence-corrected chi connectivity index (χ3v) is 3.51. The summed E-state index contributed by atoms with van der Waals surface area (Å²) < 4.78 is 6.03. The average molecular weight is 224 g/mol. The zero-order valence-electron chi connectivity index (χ0n) is 10.0. The van der Waals surface area contributed by atoms with Crippen LogP contribution in [0.5, 0.6) is 11.5 Å². The van der Waals surface area contributed by atoms with Crippen LogP contribution in [-0.4, -0.2) is 0 Å². The summed E-state index contributed by atoms with van der Waals surface area (Å²) in [5, 5.41) is 0. The third-order valence-electron chi connectivity index (χ3n) is 3.51. The number of ether oxygens (including phenoxy) is 1. The van der Waals surface area contributed by atoms with Gasteiger partial charge in [-0.05, 0) is 42.0 Å². The molecule has 1 heteroatoms. The molecular formula is C16H16O. The summed E-state index contributed by atoms with van der Waals surface area (Å²) in [5.74, 6) is 2.59. The molecule has 1 atom stereocenters. The summed E-state index contributed by atoms with van der Waals surface area (Å²) in [7, 11) is 0. The topological polar surface area (TPSA) is 9.23 Å². The van der Waals surface area contributed by atoms with Gasteiger partial charge in [-0.1, -0.05) is 43.3 Å². The highest BCUT2D eigenvalue weighted by Gasteiger charge is 2.21. The van der Waals surface area contributed by atoms with Gasteiger partial charge in [-0.2, -0.15) is 0 Å². The average Bonchev–Trinajstić information content (AvgIpc) is 2.54. The van der Waals surface area contributed by atoms with Crippen molar-refractivity contribution in [1.82, 2.24) is 0 Å². The van der Waals surface area contributed by atoms with Crippen LogP contribution >= 0.6 is 0 Å². The van der Waals surface area contributed by atoms with Gasteiger partial charge >= 0.3 is 0 Å². The number of benzene rings is 2. The lowest BCUT2D eigenvalue weighted by molar-refractivity contribution is 0.478. The molecule has 0 aliphatic carbocycles. The molecule has 3 rings (SSSR count). The molecule has 0 saturated carbocycles. The second-order valence-corrected chi connectivity index (χ2v) is 4.56. The van der Waals surface area contributed by atoms with Crippen molar-refractivity contribution in [3.05, 3.63) is 59.7 Å². The van der Waals surface area contributed by atoms with Gasteiger partial charge in [0, 0.05) is 0 Å². The van der Waals surface area contributed by atoms with Gasteiger partial charge in [0.15, 0.2) is 0 Å². The molecule has 0 fully saturated rings. The molecule has 0 amide bonds. The van der Waals surface area contributed by atoms with Gasteiger partial charge < -0.3 is 4.74 Å². The first kappa shape index (κ1) is 10.4. The number of hydrogen-bond donors (Lipinski definition) is 0. The summed E-state index contributed by atoms with van der Waals surface area (Å²) in [4.78, 5) is 0. The molecule has 1 nitrogen and oxygen atoms in total. The van der Waals surface area contributed by atoms with Gasteiger partial charge in [-0.15, -0.1) is 0 Å². The van der Waals surface area contributed by atoms with Crippen LogP contribution in [0.3, 0.4) is 0 Å². The normalized spacial score (nSPS) is 17.6. The predicted octanol–water partition coefficient (Wildman–Crippen LogP) is 4.53. The molecule has 0 bridgehead atoms. The first-order chi connectivity index (χ1) is 8.38. The molecule has 0 radical (unpaired) electrons. The maximum atomic E-state index is 6.03. The number of fused-ring (bicyclic) bond motifs is 2. The second kappa shape index (κ2) is 4.25. The van der Waals surface area contributed by atoms with Crippen LogP contribution in [0.15, 0.2) is 48.5 Å². The van der Waals surface area contributed by atoms with Crippen LogP contribution in [0.2, 0.25) is 0 Å². The van der Waals surface area contributed by atoms with E-state index in [0.29, 0.717) is 5.92 Å². The zero-order valence-corrected chi connectivity index (χ0v) is 10.0. The van der Waals surface area contributed by atoms with Gasteiger partial charge in [0.1, 0.15) is 11.5 Å². The largest absolute Gasteiger partial charge is 0.457 e. The van der Waals surface area contributed by atoms with Crippen molar-refractivity contribution in [2.24, 2.45) is 0 Å². The Balaban J connectivity index is 2.13. The van der Waals surface area contributed by atoms with Crippen molar-refractivity contribution >= 4 is 0 Å². The van der Waals surface area contributed by atoms with Gasteiger partial charge in [-0.25, -0.2) is 0 Å². The van der Waals surface area contributed by atoms with Gasteiger partial charge in [0.2, 0.25) is 0 Å². The van der Waals surface area contributed by atoms with Crippen molar-refractivity contribution < 1.29 is 4.74 Å². The molecule has 0 N–H and O–H groups in total. The highest BCUT2D eigenvalue weighted by Crippen LogP contribution is 2.40. The Bertz CT molecular complexity index is 531. The molecule has 2 aromatic carbocycles. The molecule has 1 aliphatic heterocycles. The Morgan fingerprint density at radius 1 is 1.00 bits per heavy atom. The molecule has 17 heavy (non-hydrogen) atoms. The van der Waals surface area contributed by atoms with Crippen LogP contribution in [0.1, 0.15) is 30.4 Å². The van der Waals surface area contributed by atoms with Gasteiger partial charge in [-0.3, -0.25) is 0 Å². The quantitative estimate of drug-likeness (QED) is 0.691. The van der Waals surface area contributed by atoms with E-state index in [2.05, 4.69) is 43.3 Å². The third kappa shape index (κ3) is 1.82. The molecule has 86 valence electrons. The van der Waals surface area contributed by atoms with Crippen LogP contribution in [0.4, 0.5) is 0 Å². The van der Waals surface area contributed by atoms with E-state index in [1.54, 1.807) is 0 Å². The maximum absolute atomic E-state index is 6.03. The standard InChI is InChI=1S/C16H16O/c1-2-12-11-13-7-3-5-9-15(13)17-16-10-6-4-8-14(12)16/h3-10,12H,2,11H2,1H3. The SMILES string of the molecule is CCC1Cc2ccccc2Oc2ccccc21. The smallest absolute Gasteiger partial charge is 0.130 e. The predicted molar refractivity (Wildman–Crippen MR) is 69.7 cm³/mol. The lowest BCUT2D eigenvalue weighted by Gasteiger charge is -2.13. The van der Waals surface area contributed by atoms with Crippen molar-refractivity contribution in [2.75, 3.05) is 0 Å². The minimum atomic E-state index is 0.565. The van der Waals surface area contributed by atoms with E-state index in [9.17, 15) is 0 Å². The molecular weight excluding hydrogens is 208 g/mol. The van der Waals surface area contributed by atoms with E-state index in [1.165, 1.54) is 11.1 Å². The maximum Gasteiger partial charge on any atom is 0.130 e. The zero-order chi connectivity index (χ0) is 11.7. The minimum absolute atomic E-state index is 0.565. The Hall–Kier alpha value is -1.76. The summed E-state index contributed by atoms with van der Waals surface area (Å²) in [6.07, 6.45) is 2.22. The fourth-order valence-electron chi connectivity index (χ4n) is 2.54. The Morgan fingerprint density at radius 3 is 2.53 bits per heavy atom. The highest BCUT2D eigenvalue weighted by atomic mass is 16.5. The van der Waals surface area contributed by atoms with Crippen molar-refractivity contribution in [3.63, 3.8) is 0 Å². The first-order valence-corrected chi connectivity index (χ1v) is 6.23. The highest BCUT2D eigenvalue weighted by molar-refractivity contribution is 5.46. The monoisotopic (exact) mass is 224 g/mol. The van der Waals surface area contributed by atoms with E-state index in [-0.39, 0.29) is 0 Å². The van der Waals surface area contributed by atoms with E-state index < -0.39 is 0 Å². The van der Waals surface area contributed by atoms with Crippen LogP contribution in [-0.2, 0) is 6.42 Å². The molecule has 0 spiro atoms. The van der Waals surface area contributed by atoms with E-state index in [4.69, 9.17) is 4.74 Å². The summed E-state index contributed by atoms with van der Waals surface area (Å²) in [5.41, 5.74) is 2.65. The van der Waals surface area contributed by atoms with E-state index in [0.717, 1.165) is 24.3 Å². The molecule has 0 saturated heterocycles. The Morgan fingerprint density at radius 2 is 1.71 bits per heavy atom. The fraction of sp³-hybridized carbons (Fsp3) is 0.250. The van der Waals surface area contributed by atoms with Gasteiger partial charge in [0.05, 0.1) is 0 Å². The molecule has 2 aromatic rings. The Labute approximate surface area is 102 Å². The minimum Gasteiger partial charge on any atom is -0.457 e. The molecule has 1 aliphatic rings. The van der Waals surface area contributed by atoms with Crippen LogP contribution in [0, 0.1) is 0 Å². The molecule has 1 heterocycles. The fourth-order valence-corrected chi connectivity index (χ4v) is 2.54. The lowest BCUT2D eigenvalue weighted by atomic mass is 9.90. The summed E-state index contributed by atoms with van der Waals surface area (Å²) >= 11 is 0. The number of hydrogen-bond acceptors (Lipinski definition) is 1. The van der Waals surface area contributed by atoms with Crippen molar-refractivity contribution in [2.45, 2.75) is 25.7 Å². The van der Waals surface area contributed by atoms with Crippen molar-refractivity contribution in [1.29, 1.82) is 0 Å². The Kier molecular flexibility index (Phi) is 2.60. The van der Waals surface area contributed by atoms with Crippen LogP contribution in [0.25, 0.3) is 0 Å². The lowest BCUT2D eigenvalue weighted by Crippen LogP contribution is -1.99. The number of para-hydroxylation sites is 2. The van der Waals surface area contributed by atoms with Crippen LogP contribution < -0.4 is 4.74 Å². The van der Waals surface area contributed by atoms with E-state index >= 15 is 0 Å². The van der Waals surface area contributed by atoms with Crippen molar-refractivity contribution in [3.8, 4) is 11.5 Å². The van der Waals surface area contributed by atoms with Gasteiger partial charge in [0.25, 0.3) is 0 Å². The first-order valence-electron chi connectivity index (χ1n) is 6.23. The number of rotatable bonds is 1. The molecule has 1 unspecified atom stereocenters. The van der Waals surface area contributed by atoms with E-state index in [1.807, 2.05) is 12.1 Å². The second-order valence-electron chi connectivity index (χ2n) is 4.56.